The number of carbonyl (C=O) groups is 1. The van der Waals surface area contributed by atoms with Gasteiger partial charge in [-0.25, -0.2) is 4.79 Å². The van der Waals surface area contributed by atoms with E-state index in [-0.39, 0.29) is 30.0 Å². The number of H-pyrrole nitrogens is 1. The summed E-state index contributed by atoms with van der Waals surface area (Å²) < 4.78 is 2.66. The minimum atomic E-state index is -0.715. The van der Waals surface area contributed by atoms with Crippen molar-refractivity contribution in [1.29, 1.82) is 0 Å². The van der Waals surface area contributed by atoms with Gasteiger partial charge in [0, 0.05) is 38.8 Å². The molecule has 2 heterocycles. The van der Waals surface area contributed by atoms with Crippen LogP contribution in [0.3, 0.4) is 0 Å². The lowest BCUT2D eigenvalue weighted by molar-refractivity contribution is -0.118. The Morgan fingerprint density at radius 2 is 1.96 bits per heavy atom. The fourth-order valence-corrected chi connectivity index (χ4v) is 2.59. The number of aromatic amines is 1. The molecule has 3 N–H and O–H groups in total. The fraction of sp³-hybridized carbons (Fsp3) is 0.412. The van der Waals surface area contributed by atoms with Crippen molar-refractivity contribution in [2.45, 2.75) is 39.3 Å². The molecule has 0 saturated heterocycles. The standard InChI is InChI=1S/C17H23N5O4/c1-3-4-10-22-15(18)14(16(25)19-17(22)26)20(2)12(23)8-11-21-9-6-5-7-13(21)24/h5-7,9H,3-4,8,10-11,18H2,1-2H3,(H,19,25,26). The van der Waals surface area contributed by atoms with Crippen LogP contribution in [-0.4, -0.2) is 27.1 Å². The molecule has 0 atom stereocenters. The molecule has 0 saturated carbocycles. The first-order valence-electron chi connectivity index (χ1n) is 8.41. The van der Waals surface area contributed by atoms with Crippen LogP contribution >= 0.6 is 0 Å². The number of aryl methyl sites for hydroxylation is 1. The van der Waals surface area contributed by atoms with Gasteiger partial charge < -0.3 is 15.2 Å². The molecule has 0 unspecified atom stereocenters. The molecule has 0 radical (unpaired) electrons. The van der Waals surface area contributed by atoms with E-state index in [2.05, 4.69) is 4.98 Å². The molecule has 0 aliphatic heterocycles. The van der Waals surface area contributed by atoms with Crippen LogP contribution in [0.5, 0.6) is 0 Å². The number of aromatic nitrogens is 3. The first-order valence-corrected chi connectivity index (χ1v) is 8.41. The molecule has 0 aliphatic carbocycles. The Bertz CT molecular complexity index is 957. The summed E-state index contributed by atoms with van der Waals surface area (Å²) in [6, 6.07) is 4.72. The van der Waals surface area contributed by atoms with Gasteiger partial charge in [0.25, 0.3) is 11.1 Å². The Morgan fingerprint density at radius 1 is 1.23 bits per heavy atom. The van der Waals surface area contributed by atoms with E-state index in [1.54, 1.807) is 18.3 Å². The Kier molecular flexibility index (Phi) is 6.16. The number of pyridine rings is 1. The monoisotopic (exact) mass is 361 g/mol. The van der Waals surface area contributed by atoms with Crippen LogP contribution in [0.25, 0.3) is 0 Å². The summed E-state index contributed by atoms with van der Waals surface area (Å²) in [5, 5.41) is 0. The zero-order chi connectivity index (χ0) is 19.3. The predicted molar refractivity (Wildman–Crippen MR) is 99.4 cm³/mol. The molecule has 9 heteroatoms. The molecule has 0 aromatic carbocycles. The largest absolute Gasteiger partial charge is 0.383 e. The molecule has 9 nitrogen and oxygen atoms in total. The van der Waals surface area contributed by atoms with Crippen molar-refractivity contribution in [2.75, 3.05) is 17.7 Å². The van der Waals surface area contributed by atoms with E-state index in [0.29, 0.717) is 13.0 Å². The van der Waals surface area contributed by atoms with Crippen molar-refractivity contribution in [3.8, 4) is 0 Å². The van der Waals surface area contributed by atoms with Crippen LogP contribution in [-0.2, 0) is 17.9 Å². The van der Waals surface area contributed by atoms with Crippen LogP contribution < -0.4 is 27.4 Å². The molecule has 0 bridgehead atoms. The third kappa shape index (κ3) is 4.11. The molecule has 0 fully saturated rings. The average Bonchev–Trinajstić information content (AvgIpc) is 2.60. The van der Waals surface area contributed by atoms with Gasteiger partial charge >= 0.3 is 5.69 Å². The normalized spacial score (nSPS) is 10.7. The number of hydrogen-bond donors (Lipinski definition) is 2. The van der Waals surface area contributed by atoms with E-state index in [0.717, 1.165) is 11.3 Å². The second kappa shape index (κ2) is 8.32. The quantitative estimate of drug-likeness (QED) is 0.726. The number of amides is 1. The highest BCUT2D eigenvalue weighted by molar-refractivity contribution is 5.94. The highest BCUT2D eigenvalue weighted by Crippen LogP contribution is 2.16. The van der Waals surface area contributed by atoms with Crippen molar-refractivity contribution in [3.05, 3.63) is 55.6 Å². The van der Waals surface area contributed by atoms with Crippen LogP contribution in [0.1, 0.15) is 26.2 Å². The number of nitrogens with two attached hydrogens (primary N) is 1. The van der Waals surface area contributed by atoms with Gasteiger partial charge in [0.1, 0.15) is 5.82 Å². The van der Waals surface area contributed by atoms with E-state index >= 15 is 0 Å². The Morgan fingerprint density at radius 3 is 2.62 bits per heavy atom. The third-order valence-electron chi connectivity index (χ3n) is 4.12. The molecule has 2 aromatic heterocycles. The Balaban J connectivity index is 2.25. The van der Waals surface area contributed by atoms with E-state index < -0.39 is 17.2 Å². The van der Waals surface area contributed by atoms with Gasteiger partial charge in [-0.2, -0.15) is 0 Å². The lowest BCUT2D eigenvalue weighted by atomic mass is 10.3. The lowest BCUT2D eigenvalue weighted by Crippen LogP contribution is -2.39. The van der Waals surface area contributed by atoms with Gasteiger partial charge in [-0.3, -0.25) is 23.9 Å². The van der Waals surface area contributed by atoms with Crippen LogP contribution in [0.15, 0.2) is 38.8 Å². The SMILES string of the molecule is CCCCn1c(N)c(N(C)C(=O)CCn2ccccc2=O)c(=O)[nH]c1=O. The van der Waals surface area contributed by atoms with Crippen LogP contribution in [0, 0.1) is 0 Å². The third-order valence-corrected chi connectivity index (χ3v) is 4.12. The first-order chi connectivity index (χ1) is 12.4. The van der Waals surface area contributed by atoms with Crippen molar-refractivity contribution < 1.29 is 4.79 Å². The summed E-state index contributed by atoms with van der Waals surface area (Å²) in [7, 11) is 1.42. The zero-order valence-electron chi connectivity index (χ0n) is 14.9. The summed E-state index contributed by atoms with van der Waals surface area (Å²) in [5.41, 5.74) is 4.40. The highest BCUT2D eigenvalue weighted by Gasteiger charge is 2.20. The summed E-state index contributed by atoms with van der Waals surface area (Å²) in [6.07, 6.45) is 3.15. The zero-order valence-corrected chi connectivity index (χ0v) is 14.9. The summed E-state index contributed by atoms with van der Waals surface area (Å²) in [4.78, 5) is 51.6. The Labute approximate surface area is 149 Å². The first kappa shape index (κ1) is 19.2. The average molecular weight is 361 g/mol. The number of unbranched alkanes of at least 4 members (excludes halogenated alkanes) is 1. The van der Waals surface area contributed by atoms with Gasteiger partial charge in [-0.15, -0.1) is 0 Å². The number of rotatable bonds is 7. The minimum absolute atomic E-state index is 0.00733. The smallest absolute Gasteiger partial charge is 0.330 e. The molecule has 26 heavy (non-hydrogen) atoms. The lowest BCUT2D eigenvalue weighted by Gasteiger charge is -2.20. The van der Waals surface area contributed by atoms with E-state index in [9.17, 15) is 19.2 Å². The maximum absolute atomic E-state index is 12.5. The molecule has 0 spiro atoms. The maximum atomic E-state index is 12.5. The van der Waals surface area contributed by atoms with Gasteiger partial charge in [-0.05, 0) is 12.5 Å². The summed E-state index contributed by atoms with van der Waals surface area (Å²) >= 11 is 0. The van der Waals surface area contributed by atoms with E-state index in [4.69, 9.17) is 5.73 Å². The second-order valence-corrected chi connectivity index (χ2v) is 5.93. The van der Waals surface area contributed by atoms with E-state index in [1.807, 2.05) is 6.92 Å². The number of hydrogen-bond acceptors (Lipinski definition) is 5. The minimum Gasteiger partial charge on any atom is -0.383 e. The molecule has 2 rings (SSSR count). The van der Waals surface area contributed by atoms with Crippen molar-refractivity contribution in [3.63, 3.8) is 0 Å². The summed E-state index contributed by atoms with van der Waals surface area (Å²) in [5.74, 6) is -0.432. The Hall–Kier alpha value is -3.10. The van der Waals surface area contributed by atoms with Gasteiger partial charge in [-0.1, -0.05) is 19.4 Å². The van der Waals surface area contributed by atoms with Crippen molar-refractivity contribution in [1.82, 2.24) is 14.1 Å². The van der Waals surface area contributed by atoms with Gasteiger partial charge in [0.2, 0.25) is 5.91 Å². The van der Waals surface area contributed by atoms with Gasteiger partial charge in [0.15, 0.2) is 5.69 Å². The maximum Gasteiger partial charge on any atom is 0.330 e. The molecule has 140 valence electrons. The number of nitrogens with one attached hydrogen (secondary N) is 1. The van der Waals surface area contributed by atoms with E-state index in [1.165, 1.54) is 22.2 Å². The molecular weight excluding hydrogens is 338 g/mol. The van der Waals surface area contributed by atoms with Gasteiger partial charge in [0.05, 0.1) is 0 Å². The number of nitrogens with zero attached hydrogens (tertiary/aromatic N) is 3. The topological polar surface area (TPSA) is 123 Å². The molecule has 0 aliphatic rings. The fourth-order valence-electron chi connectivity index (χ4n) is 2.59. The van der Waals surface area contributed by atoms with Crippen molar-refractivity contribution in [2.24, 2.45) is 0 Å². The highest BCUT2D eigenvalue weighted by atomic mass is 16.2. The summed E-state index contributed by atoms with van der Waals surface area (Å²) in [6.45, 7) is 2.50. The molecular formula is C17H23N5O4. The number of anilines is 2. The predicted octanol–water partition coefficient (Wildman–Crippen LogP) is 0.134. The van der Waals surface area contributed by atoms with Crippen LogP contribution in [0.2, 0.25) is 0 Å². The van der Waals surface area contributed by atoms with Crippen LogP contribution in [0.4, 0.5) is 11.5 Å². The molecule has 1 amide bonds. The molecule has 2 aromatic rings. The van der Waals surface area contributed by atoms with Crippen molar-refractivity contribution >= 4 is 17.4 Å². The second-order valence-electron chi connectivity index (χ2n) is 5.93. The number of carbonyl (C=O) groups excluding carboxylic acids is 1. The number of nitrogen functional groups attached to an aromatic ring is 1.